The van der Waals surface area contributed by atoms with E-state index in [0.717, 1.165) is 49.0 Å². The lowest BCUT2D eigenvalue weighted by molar-refractivity contribution is 0.163. The van der Waals surface area contributed by atoms with Crippen LogP contribution in [0.3, 0.4) is 0 Å². The van der Waals surface area contributed by atoms with E-state index < -0.39 is 0 Å². The highest BCUT2D eigenvalue weighted by Gasteiger charge is 2.56. The predicted molar refractivity (Wildman–Crippen MR) is 126 cm³/mol. The summed E-state index contributed by atoms with van der Waals surface area (Å²) in [6.45, 7) is 6.76. The molecule has 1 saturated heterocycles. The first-order chi connectivity index (χ1) is 15.7. The molecule has 4 amide bonds. The number of rotatable bonds is 3. The van der Waals surface area contributed by atoms with Crippen LogP contribution in [0, 0.1) is 10.8 Å². The molecule has 2 fully saturated rings. The molecular formula is C23H30ClN7O2. The summed E-state index contributed by atoms with van der Waals surface area (Å²) >= 11 is 6.47. The van der Waals surface area contributed by atoms with E-state index in [1.165, 1.54) is 0 Å². The normalized spacial score (nSPS) is 22.1. The van der Waals surface area contributed by atoms with Gasteiger partial charge in [-0.1, -0.05) is 25.4 Å². The number of nitrogens with zero attached hydrogens (tertiary/aromatic N) is 4. The van der Waals surface area contributed by atoms with Crippen molar-refractivity contribution in [1.29, 1.82) is 0 Å². The third-order valence-corrected chi connectivity index (χ3v) is 7.62. The van der Waals surface area contributed by atoms with Crippen LogP contribution in [0.2, 0.25) is 5.02 Å². The standard InChI is InChI=1S/C23H30ClN7O2/c1-22(2)9-17-15(11-27-31(17)13-22)14-8-19(26-12-16(14)24)29-20(32)28-18-10-23(18)4-6-30(7-5-23)21(33)25-3/h8,11-12,18H,4-7,9-10,13H2,1-3H3,(H,25,33)(H2,26,28,29,32). The van der Waals surface area contributed by atoms with Crippen molar-refractivity contribution in [3.63, 3.8) is 0 Å². The van der Waals surface area contributed by atoms with Gasteiger partial charge in [-0.05, 0) is 42.6 Å². The van der Waals surface area contributed by atoms with E-state index in [1.54, 1.807) is 13.2 Å². The average Bonchev–Trinajstić information content (AvgIpc) is 3.10. The van der Waals surface area contributed by atoms with Crippen LogP contribution in [0.15, 0.2) is 18.5 Å². The maximum Gasteiger partial charge on any atom is 0.320 e. The molecule has 3 N–H and O–H groups in total. The average molecular weight is 472 g/mol. The van der Waals surface area contributed by atoms with Crippen LogP contribution in [-0.4, -0.2) is 57.9 Å². The molecule has 1 atom stereocenters. The molecule has 2 aromatic heterocycles. The van der Waals surface area contributed by atoms with Gasteiger partial charge >= 0.3 is 12.1 Å². The highest BCUT2D eigenvalue weighted by molar-refractivity contribution is 6.33. The zero-order valence-electron chi connectivity index (χ0n) is 19.2. The van der Waals surface area contributed by atoms with Crippen molar-refractivity contribution in [1.82, 2.24) is 30.3 Å². The van der Waals surface area contributed by atoms with Gasteiger partial charge in [-0.15, -0.1) is 0 Å². The smallest absolute Gasteiger partial charge is 0.320 e. The van der Waals surface area contributed by atoms with Crippen molar-refractivity contribution in [3.8, 4) is 11.1 Å². The fourth-order valence-electron chi connectivity index (χ4n) is 5.31. The van der Waals surface area contributed by atoms with Gasteiger partial charge in [0.05, 0.1) is 11.2 Å². The van der Waals surface area contributed by atoms with E-state index in [9.17, 15) is 9.59 Å². The quantitative estimate of drug-likeness (QED) is 0.637. The Bertz CT molecular complexity index is 1100. The number of fused-ring (bicyclic) bond motifs is 1. The van der Waals surface area contributed by atoms with Crippen LogP contribution in [0.1, 0.15) is 38.8 Å². The van der Waals surface area contributed by atoms with Crippen molar-refractivity contribution in [2.24, 2.45) is 10.8 Å². The van der Waals surface area contributed by atoms with Gasteiger partial charge in [-0.2, -0.15) is 5.10 Å². The predicted octanol–water partition coefficient (Wildman–Crippen LogP) is 3.50. The first kappa shape index (κ1) is 22.0. The Balaban J connectivity index is 1.22. The number of pyridine rings is 1. The summed E-state index contributed by atoms with van der Waals surface area (Å²) in [6, 6.07) is 1.63. The number of nitrogens with one attached hydrogen (secondary N) is 3. The number of halogens is 1. The third kappa shape index (κ3) is 4.14. The molecule has 0 bridgehead atoms. The Morgan fingerprint density at radius 1 is 1.18 bits per heavy atom. The van der Waals surface area contributed by atoms with Gasteiger partial charge in [0.25, 0.3) is 0 Å². The fourth-order valence-corrected chi connectivity index (χ4v) is 5.52. The van der Waals surface area contributed by atoms with E-state index in [2.05, 4.69) is 39.9 Å². The summed E-state index contributed by atoms with van der Waals surface area (Å²) in [7, 11) is 1.65. The van der Waals surface area contributed by atoms with Crippen LogP contribution < -0.4 is 16.0 Å². The highest BCUT2D eigenvalue weighted by Crippen LogP contribution is 2.53. The summed E-state index contributed by atoms with van der Waals surface area (Å²) < 4.78 is 2.04. The van der Waals surface area contributed by atoms with Gasteiger partial charge in [0.1, 0.15) is 5.82 Å². The molecule has 1 aliphatic carbocycles. The first-order valence-electron chi connectivity index (χ1n) is 11.4. The Morgan fingerprint density at radius 2 is 1.94 bits per heavy atom. The molecule has 1 spiro atoms. The molecule has 1 saturated carbocycles. The van der Waals surface area contributed by atoms with Gasteiger partial charge in [0.2, 0.25) is 0 Å². The third-order valence-electron chi connectivity index (χ3n) is 7.31. The molecule has 0 radical (unpaired) electrons. The fraction of sp³-hybridized carbons (Fsp3) is 0.565. The number of anilines is 1. The molecule has 33 heavy (non-hydrogen) atoms. The zero-order chi connectivity index (χ0) is 23.4. The van der Waals surface area contributed by atoms with Crippen molar-refractivity contribution in [2.75, 3.05) is 25.5 Å². The van der Waals surface area contributed by atoms with Crippen LogP contribution in [0.25, 0.3) is 11.1 Å². The monoisotopic (exact) mass is 471 g/mol. The lowest BCUT2D eigenvalue weighted by Gasteiger charge is -2.32. The van der Waals surface area contributed by atoms with Gasteiger partial charge < -0.3 is 15.5 Å². The Labute approximate surface area is 198 Å². The number of piperidine rings is 1. The van der Waals surface area contributed by atoms with Crippen molar-refractivity contribution < 1.29 is 9.59 Å². The molecule has 3 aliphatic rings. The number of hydrogen-bond donors (Lipinski definition) is 3. The summed E-state index contributed by atoms with van der Waals surface area (Å²) in [5, 5.41) is 13.7. The summed E-state index contributed by atoms with van der Waals surface area (Å²) in [6.07, 6.45) is 7.08. The van der Waals surface area contributed by atoms with Gasteiger partial charge in [-0.25, -0.2) is 14.6 Å². The second-order valence-electron chi connectivity index (χ2n) is 10.3. The second-order valence-corrected chi connectivity index (χ2v) is 10.7. The zero-order valence-corrected chi connectivity index (χ0v) is 20.0. The summed E-state index contributed by atoms with van der Waals surface area (Å²) in [5.74, 6) is 0.452. The minimum Gasteiger partial charge on any atom is -0.341 e. The molecule has 2 aliphatic heterocycles. The van der Waals surface area contributed by atoms with E-state index in [1.807, 2.05) is 21.8 Å². The Hall–Kier alpha value is -2.81. The van der Waals surface area contributed by atoms with E-state index in [0.29, 0.717) is 23.9 Å². The van der Waals surface area contributed by atoms with Crippen molar-refractivity contribution in [2.45, 2.75) is 52.1 Å². The van der Waals surface area contributed by atoms with E-state index >= 15 is 0 Å². The minimum atomic E-state index is -0.271. The lowest BCUT2D eigenvalue weighted by Crippen LogP contribution is -2.45. The molecule has 2 aromatic rings. The van der Waals surface area contributed by atoms with Crippen molar-refractivity contribution in [3.05, 3.63) is 29.2 Å². The van der Waals surface area contributed by atoms with Crippen LogP contribution in [0.5, 0.6) is 0 Å². The maximum atomic E-state index is 12.7. The topological polar surface area (TPSA) is 104 Å². The minimum absolute atomic E-state index is 0.0370. The number of urea groups is 2. The number of aromatic nitrogens is 3. The second kappa shape index (κ2) is 7.90. The van der Waals surface area contributed by atoms with Gasteiger partial charge in [0, 0.05) is 55.7 Å². The number of carbonyl (C=O) groups excluding carboxylic acids is 2. The first-order valence-corrected chi connectivity index (χ1v) is 11.8. The lowest BCUT2D eigenvalue weighted by atomic mass is 9.89. The molecule has 10 heteroatoms. The molecule has 4 heterocycles. The maximum absolute atomic E-state index is 12.7. The summed E-state index contributed by atoms with van der Waals surface area (Å²) in [5.41, 5.74) is 3.24. The van der Waals surface area contributed by atoms with Crippen LogP contribution >= 0.6 is 11.6 Å². The molecular weight excluding hydrogens is 442 g/mol. The molecule has 0 aromatic carbocycles. The SMILES string of the molecule is CNC(=O)N1CCC2(CC1)CC2NC(=O)Nc1cc(-c2cnn3c2CC(C)(C)C3)c(Cl)cn1. The number of carbonyl (C=O) groups is 2. The number of likely N-dealkylation sites (tertiary alicyclic amines) is 1. The molecule has 9 nitrogen and oxygen atoms in total. The largest absolute Gasteiger partial charge is 0.341 e. The summed E-state index contributed by atoms with van der Waals surface area (Å²) in [4.78, 5) is 30.6. The highest BCUT2D eigenvalue weighted by atomic mass is 35.5. The Morgan fingerprint density at radius 3 is 2.67 bits per heavy atom. The molecule has 1 unspecified atom stereocenters. The molecule has 5 rings (SSSR count). The molecule has 176 valence electrons. The Kier molecular flexibility index (Phi) is 5.27. The van der Waals surface area contributed by atoms with Crippen LogP contribution in [0.4, 0.5) is 15.4 Å². The number of amides is 4. The van der Waals surface area contributed by atoms with Crippen LogP contribution in [-0.2, 0) is 13.0 Å². The van der Waals surface area contributed by atoms with E-state index in [-0.39, 0.29) is 28.9 Å². The van der Waals surface area contributed by atoms with Crippen molar-refractivity contribution >= 4 is 29.5 Å². The van der Waals surface area contributed by atoms with E-state index in [4.69, 9.17) is 11.6 Å². The van der Waals surface area contributed by atoms with Gasteiger partial charge in [-0.3, -0.25) is 10.00 Å². The van der Waals surface area contributed by atoms with Gasteiger partial charge in [0.15, 0.2) is 0 Å². The number of hydrogen-bond acceptors (Lipinski definition) is 4.